The number of benzene rings is 1. The zero-order valence-corrected chi connectivity index (χ0v) is 13.9. The fourth-order valence-electron chi connectivity index (χ4n) is 2.47. The normalized spacial score (nSPS) is 19.7. The van der Waals surface area contributed by atoms with Crippen molar-refractivity contribution in [3.05, 3.63) is 42.1 Å². The third-order valence-corrected chi connectivity index (χ3v) is 4.56. The van der Waals surface area contributed by atoms with Crippen molar-refractivity contribution < 1.29 is 22.5 Å². The minimum Gasteiger partial charge on any atom is -0.398 e. The Morgan fingerprint density at radius 2 is 1.58 bits per heavy atom. The molecule has 8 heteroatoms. The zero-order chi connectivity index (χ0) is 17.8. The molecule has 24 heavy (non-hydrogen) atoms. The van der Waals surface area contributed by atoms with Crippen molar-refractivity contribution in [3.8, 4) is 5.69 Å². The minimum atomic E-state index is -4.45. The van der Waals surface area contributed by atoms with Crippen molar-refractivity contribution >= 4 is 12.7 Å². The highest BCUT2D eigenvalue weighted by Crippen LogP contribution is 2.36. The van der Waals surface area contributed by atoms with Gasteiger partial charge in [0.2, 0.25) is 0 Å². The van der Waals surface area contributed by atoms with E-state index in [4.69, 9.17) is 9.31 Å². The Balaban J connectivity index is 1.94. The smallest absolute Gasteiger partial charge is 0.398 e. The second-order valence-electron chi connectivity index (χ2n) is 6.79. The van der Waals surface area contributed by atoms with E-state index in [1.807, 2.05) is 27.7 Å². The summed E-state index contributed by atoms with van der Waals surface area (Å²) in [5.74, 6) is 0. The van der Waals surface area contributed by atoms with Gasteiger partial charge in [0.1, 0.15) is 0 Å². The summed E-state index contributed by atoms with van der Waals surface area (Å²) in [7, 11) is -0.714. The first-order valence-electron chi connectivity index (χ1n) is 7.59. The van der Waals surface area contributed by atoms with E-state index in [1.54, 1.807) is 12.1 Å². The Hall–Kier alpha value is -1.80. The van der Waals surface area contributed by atoms with Crippen LogP contribution in [0.4, 0.5) is 13.2 Å². The molecule has 0 aliphatic carbocycles. The third kappa shape index (κ3) is 2.84. The average molecular weight is 338 g/mol. The van der Waals surface area contributed by atoms with E-state index in [1.165, 1.54) is 23.0 Å². The van der Waals surface area contributed by atoms with Crippen molar-refractivity contribution in [2.24, 2.45) is 0 Å². The molecule has 1 saturated heterocycles. The molecule has 1 aliphatic heterocycles. The number of rotatable bonds is 2. The molecular weight excluding hydrogens is 320 g/mol. The SMILES string of the molecule is CC1(C)OB(c2ccn(-c3ccccc3C(F)(F)F)n2)OC1(C)C. The first-order valence-corrected chi connectivity index (χ1v) is 7.59. The van der Waals surface area contributed by atoms with Gasteiger partial charge in [0.15, 0.2) is 0 Å². The number of aromatic nitrogens is 2. The van der Waals surface area contributed by atoms with Gasteiger partial charge in [-0.2, -0.15) is 18.3 Å². The van der Waals surface area contributed by atoms with Crippen molar-refractivity contribution in [2.75, 3.05) is 0 Å². The van der Waals surface area contributed by atoms with Crippen LogP contribution in [0.15, 0.2) is 36.5 Å². The van der Waals surface area contributed by atoms with E-state index in [0.717, 1.165) is 6.07 Å². The van der Waals surface area contributed by atoms with Crippen LogP contribution in [0.5, 0.6) is 0 Å². The maximum absolute atomic E-state index is 13.2. The van der Waals surface area contributed by atoms with Gasteiger partial charge in [0, 0.05) is 6.20 Å². The number of halogens is 3. The molecule has 2 aromatic rings. The Morgan fingerprint density at radius 3 is 2.17 bits per heavy atom. The van der Waals surface area contributed by atoms with Crippen LogP contribution in [0, 0.1) is 0 Å². The molecule has 0 saturated carbocycles. The Kier molecular flexibility index (Phi) is 3.80. The van der Waals surface area contributed by atoms with Crippen LogP contribution in [0.1, 0.15) is 33.3 Å². The van der Waals surface area contributed by atoms with E-state index in [-0.39, 0.29) is 5.69 Å². The van der Waals surface area contributed by atoms with Gasteiger partial charge < -0.3 is 9.31 Å². The van der Waals surface area contributed by atoms with Crippen LogP contribution in [-0.2, 0) is 15.5 Å². The fourth-order valence-corrected chi connectivity index (χ4v) is 2.47. The van der Waals surface area contributed by atoms with Crippen molar-refractivity contribution in [2.45, 2.75) is 45.1 Å². The highest BCUT2D eigenvalue weighted by Gasteiger charge is 2.52. The maximum atomic E-state index is 13.2. The molecule has 0 amide bonds. The monoisotopic (exact) mass is 338 g/mol. The summed E-state index contributed by atoms with van der Waals surface area (Å²) in [6.45, 7) is 7.62. The predicted octanol–water partition coefficient (Wildman–Crippen LogP) is 3.19. The molecule has 128 valence electrons. The fraction of sp³-hybridized carbons (Fsp3) is 0.438. The average Bonchev–Trinajstić information content (AvgIpc) is 3.01. The van der Waals surface area contributed by atoms with Gasteiger partial charge in [-0.05, 0) is 45.9 Å². The topological polar surface area (TPSA) is 36.3 Å². The molecule has 0 radical (unpaired) electrons. The van der Waals surface area contributed by atoms with Crippen molar-refractivity contribution in [3.63, 3.8) is 0 Å². The highest BCUT2D eigenvalue weighted by molar-refractivity contribution is 6.61. The van der Waals surface area contributed by atoms with Gasteiger partial charge in [0.25, 0.3) is 0 Å². The Bertz CT molecular complexity index is 740. The van der Waals surface area contributed by atoms with E-state index in [2.05, 4.69) is 5.10 Å². The molecular formula is C16H18BF3N2O2. The van der Waals surface area contributed by atoms with Crippen molar-refractivity contribution in [1.29, 1.82) is 0 Å². The molecule has 1 fully saturated rings. The highest BCUT2D eigenvalue weighted by atomic mass is 19.4. The number of hydrogen-bond acceptors (Lipinski definition) is 3. The van der Waals surface area contributed by atoms with Gasteiger partial charge in [0.05, 0.1) is 28.0 Å². The molecule has 1 aromatic carbocycles. The van der Waals surface area contributed by atoms with E-state index in [0.29, 0.717) is 5.59 Å². The molecule has 1 aliphatic rings. The van der Waals surface area contributed by atoms with Gasteiger partial charge in [-0.25, -0.2) is 4.68 Å². The second-order valence-corrected chi connectivity index (χ2v) is 6.79. The number of alkyl halides is 3. The van der Waals surface area contributed by atoms with Gasteiger partial charge in [-0.3, -0.25) is 0 Å². The van der Waals surface area contributed by atoms with E-state index < -0.39 is 30.1 Å². The van der Waals surface area contributed by atoms with E-state index >= 15 is 0 Å². The largest absolute Gasteiger partial charge is 0.516 e. The lowest BCUT2D eigenvalue weighted by Crippen LogP contribution is -2.41. The lowest BCUT2D eigenvalue weighted by Gasteiger charge is -2.32. The van der Waals surface area contributed by atoms with Crippen LogP contribution in [0.3, 0.4) is 0 Å². The molecule has 2 heterocycles. The summed E-state index contributed by atoms with van der Waals surface area (Å²) in [6, 6.07) is 6.91. The first-order chi connectivity index (χ1) is 11.0. The standard InChI is InChI=1S/C16H18BF3N2O2/c1-14(2)15(3,4)24-17(23-14)13-9-10-22(21-13)12-8-6-5-7-11(12)16(18,19)20/h5-10H,1-4H3. The summed E-state index contributed by atoms with van der Waals surface area (Å²) >= 11 is 0. The van der Waals surface area contributed by atoms with Crippen LogP contribution in [-0.4, -0.2) is 28.1 Å². The molecule has 0 bridgehead atoms. The molecule has 1 aromatic heterocycles. The first kappa shape index (κ1) is 17.0. The van der Waals surface area contributed by atoms with Gasteiger partial charge in [-0.1, -0.05) is 12.1 Å². The maximum Gasteiger partial charge on any atom is 0.516 e. The molecule has 0 N–H and O–H groups in total. The van der Waals surface area contributed by atoms with E-state index in [9.17, 15) is 13.2 Å². The van der Waals surface area contributed by atoms with Crippen LogP contribution in [0.2, 0.25) is 0 Å². The Morgan fingerprint density at radius 1 is 1.00 bits per heavy atom. The summed E-state index contributed by atoms with van der Waals surface area (Å²) in [5.41, 5.74) is -1.41. The number of hydrogen-bond donors (Lipinski definition) is 0. The summed E-state index contributed by atoms with van der Waals surface area (Å²) in [5, 5.41) is 4.23. The second kappa shape index (κ2) is 5.36. The van der Waals surface area contributed by atoms with Crippen molar-refractivity contribution in [1.82, 2.24) is 9.78 Å². The molecule has 0 unspecified atom stereocenters. The predicted molar refractivity (Wildman–Crippen MR) is 84.3 cm³/mol. The Labute approximate surface area is 138 Å². The molecule has 4 nitrogen and oxygen atoms in total. The zero-order valence-electron chi connectivity index (χ0n) is 13.9. The van der Waals surface area contributed by atoms with Crippen LogP contribution < -0.4 is 5.59 Å². The van der Waals surface area contributed by atoms with Crippen LogP contribution >= 0.6 is 0 Å². The summed E-state index contributed by atoms with van der Waals surface area (Å²) in [6.07, 6.45) is -2.97. The molecule has 3 rings (SSSR count). The number of nitrogens with zero attached hydrogens (tertiary/aromatic N) is 2. The number of para-hydroxylation sites is 1. The minimum absolute atomic E-state index is 0.0345. The lowest BCUT2D eigenvalue weighted by molar-refractivity contribution is -0.137. The lowest BCUT2D eigenvalue weighted by atomic mass is 9.85. The van der Waals surface area contributed by atoms with Gasteiger partial charge in [-0.15, -0.1) is 0 Å². The molecule has 0 spiro atoms. The van der Waals surface area contributed by atoms with Gasteiger partial charge >= 0.3 is 13.3 Å². The molecule has 0 atom stereocenters. The third-order valence-electron chi connectivity index (χ3n) is 4.56. The quantitative estimate of drug-likeness (QED) is 0.789. The summed E-state index contributed by atoms with van der Waals surface area (Å²) in [4.78, 5) is 0. The summed E-state index contributed by atoms with van der Waals surface area (Å²) < 4.78 is 52.4. The van der Waals surface area contributed by atoms with Crippen LogP contribution in [0.25, 0.3) is 5.69 Å².